The molecule has 94 valence electrons. The average molecular weight is 237 g/mol. The van der Waals surface area contributed by atoms with E-state index in [1.165, 1.54) is 0 Å². The Labute approximate surface area is 101 Å². The van der Waals surface area contributed by atoms with Crippen LogP contribution in [0.25, 0.3) is 0 Å². The average Bonchev–Trinajstić information content (AvgIpc) is 2.29. The van der Waals surface area contributed by atoms with Gasteiger partial charge in [0.25, 0.3) is 0 Å². The quantitative estimate of drug-likeness (QED) is 0.729. The van der Waals surface area contributed by atoms with E-state index in [4.69, 9.17) is 5.73 Å². The smallest absolute Gasteiger partial charge is 0.220 e. The Balaban J connectivity index is 2.24. The standard InChI is InChI=1S/C12H19N3O2/c1-9(11(16)7-12(13)17)3-2-4-10-8-14-5-6-15-10/h5-6,8-9,11,16H,2-4,7H2,1H3,(H2,13,17)/t9-,11+/m1/s1. The van der Waals surface area contributed by atoms with Gasteiger partial charge >= 0.3 is 0 Å². The van der Waals surface area contributed by atoms with Crippen LogP contribution in [0.1, 0.15) is 31.9 Å². The molecule has 1 heterocycles. The van der Waals surface area contributed by atoms with Gasteiger partial charge in [-0.1, -0.05) is 6.92 Å². The second-order valence-corrected chi connectivity index (χ2v) is 4.30. The molecule has 0 unspecified atom stereocenters. The monoisotopic (exact) mass is 237 g/mol. The molecule has 0 aliphatic heterocycles. The summed E-state index contributed by atoms with van der Waals surface area (Å²) in [6.07, 6.45) is 7.02. The van der Waals surface area contributed by atoms with Crippen molar-refractivity contribution in [1.29, 1.82) is 0 Å². The number of amides is 1. The summed E-state index contributed by atoms with van der Waals surface area (Å²) in [7, 11) is 0. The Kier molecular flexibility index (Phi) is 5.56. The van der Waals surface area contributed by atoms with Crippen molar-refractivity contribution in [2.75, 3.05) is 0 Å². The molecule has 5 heteroatoms. The Morgan fingerprint density at radius 3 is 2.88 bits per heavy atom. The van der Waals surface area contributed by atoms with Crippen molar-refractivity contribution >= 4 is 5.91 Å². The van der Waals surface area contributed by atoms with Crippen LogP contribution in [0.4, 0.5) is 0 Å². The molecule has 17 heavy (non-hydrogen) atoms. The minimum absolute atomic E-state index is 0.0340. The third kappa shape index (κ3) is 5.40. The summed E-state index contributed by atoms with van der Waals surface area (Å²) in [6.45, 7) is 1.92. The molecule has 0 saturated carbocycles. The van der Waals surface area contributed by atoms with Crippen molar-refractivity contribution in [1.82, 2.24) is 9.97 Å². The van der Waals surface area contributed by atoms with E-state index in [-0.39, 0.29) is 12.3 Å². The van der Waals surface area contributed by atoms with E-state index in [1.54, 1.807) is 18.6 Å². The fraction of sp³-hybridized carbons (Fsp3) is 0.583. The summed E-state index contributed by atoms with van der Waals surface area (Å²) in [4.78, 5) is 18.8. The first-order valence-corrected chi connectivity index (χ1v) is 5.81. The number of aliphatic hydroxyl groups is 1. The lowest BCUT2D eigenvalue weighted by Gasteiger charge is -2.16. The molecule has 0 fully saturated rings. The number of aryl methyl sites for hydroxylation is 1. The van der Waals surface area contributed by atoms with Crippen molar-refractivity contribution in [2.24, 2.45) is 11.7 Å². The topological polar surface area (TPSA) is 89.1 Å². The van der Waals surface area contributed by atoms with E-state index in [9.17, 15) is 9.90 Å². The molecule has 0 radical (unpaired) electrons. The van der Waals surface area contributed by atoms with Crippen molar-refractivity contribution < 1.29 is 9.90 Å². The van der Waals surface area contributed by atoms with Gasteiger partial charge in [0.2, 0.25) is 5.91 Å². The molecule has 1 amide bonds. The summed E-state index contributed by atoms with van der Waals surface area (Å²) in [5.41, 5.74) is 5.98. The number of aliphatic hydroxyl groups excluding tert-OH is 1. The highest BCUT2D eigenvalue weighted by Crippen LogP contribution is 2.14. The predicted molar refractivity (Wildman–Crippen MR) is 64.0 cm³/mol. The van der Waals surface area contributed by atoms with Gasteiger partial charge in [-0.05, 0) is 25.2 Å². The molecular formula is C12H19N3O2. The summed E-state index contributed by atoms with van der Waals surface area (Å²) < 4.78 is 0. The van der Waals surface area contributed by atoms with Crippen molar-refractivity contribution in [3.05, 3.63) is 24.3 Å². The van der Waals surface area contributed by atoms with Gasteiger partial charge in [-0.25, -0.2) is 0 Å². The minimum atomic E-state index is -0.644. The highest BCUT2D eigenvalue weighted by Gasteiger charge is 2.16. The van der Waals surface area contributed by atoms with Gasteiger partial charge < -0.3 is 10.8 Å². The van der Waals surface area contributed by atoms with Gasteiger partial charge in [0.1, 0.15) is 0 Å². The van der Waals surface area contributed by atoms with Gasteiger partial charge in [-0.15, -0.1) is 0 Å². The molecule has 0 bridgehead atoms. The third-order valence-corrected chi connectivity index (χ3v) is 2.78. The second-order valence-electron chi connectivity index (χ2n) is 4.30. The number of rotatable bonds is 7. The van der Waals surface area contributed by atoms with Gasteiger partial charge in [0.05, 0.1) is 18.2 Å². The number of hydrogen-bond donors (Lipinski definition) is 2. The molecule has 0 spiro atoms. The normalized spacial score (nSPS) is 14.2. The van der Waals surface area contributed by atoms with Crippen LogP contribution in [-0.2, 0) is 11.2 Å². The van der Waals surface area contributed by atoms with E-state index in [2.05, 4.69) is 9.97 Å². The number of carbonyl (C=O) groups excluding carboxylic acids is 1. The van der Waals surface area contributed by atoms with Crippen LogP contribution in [0.5, 0.6) is 0 Å². The lowest BCUT2D eigenvalue weighted by molar-refractivity contribution is -0.120. The Morgan fingerprint density at radius 2 is 2.29 bits per heavy atom. The fourth-order valence-corrected chi connectivity index (χ4v) is 1.66. The number of primary amides is 1. The van der Waals surface area contributed by atoms with Crippen molar-refractivity contribution in [3.63, 3.8) is 0 Å². The van der Waals surface area contributed by atoms with Crippen LogP contribution < -0.4 is 5.73 Å². The van der Waals surface area contributed by atoms with Crippen molar-refractivity contribution in [2.45, 2.75) is 38.7 Å². The third-order valence-electron chi connectivity index (χ3n) is 2.78. The van der Waals surface area contributed by atoms with E-state index >= 15 is 0 Å². The lowest BCUT2D eigenvalue weighted by Crippen LogP contribution is -2.25. The predicted octanol–water partition coefficient (Wildman–Crippen LogP) is 0.672. The maximum Gasteiger partial charge on any atom is 0.220 e. The molecule has 3 N–H and O–H groups in total. The number of carbonyl (C=O) groups is 1. The van der Waals surface area contributed by atoms with Gasteiger partial charge in [0.15, 0.2) is 0 Å². The molecule has 0 aliphatic rings. The first kappa shape index (κ1) is 13.6. The number of nitrogens with zero attached hydrogens (tertiary/aromatic N) is 2. The van der Waals surface area contributed by atoms with Crippen LogP contribution >= 0.6 is 0 Å². The van der Waals surface area contributed by atoms with Crippen LogP contribution in [0.15, 0.2) is 18.6 Å². The van der Waals surface area contributed by atoms with Crippen LogP contribution in [-0.4, -0.2) is 27.1 Å². The summed E-state index contributed by atoms with van der Waals surface area (Å²) >= 11 is 0. The largest absolute Gasteiger partial charge is 0.392 e. The SMILES string of the molecule is C[C@H](CCCc1cnccn1)[C@@H](O)CC(N)=O. The summed E-state index contributed by atoms with van der Waals surface area (Å²) in [5, 5.41) is 9.66. The van der Waals surface area contributed by atoms with Crippen LogP contribution in [0, 0.1) is 5.92 Å². The van der Waals surface area contributed by atoms with E-state index in [0.717, 1.165) is 25.0 Å². The first-order valence-electron chi connectivity index (χ1n) is 5.81. The van der Waals surface area contributed by atoms with E-state index in [0.29, 0.717) is 0 Å². The summed E-state index contributed by atoms with van der Waals surface area (Å²) in [6, 6.07) is 0. The Hall–Kier alpha value is -1.49. The zero-order valence-electron chi connectivity index (χ0n) is 10.0. The van der Waals surface area contributed by atoms with Crippen molar-refractivity contribution in [3.8, 4) is 0 Å². The number of nitrogens with two attached hydrogens (primary N) is 1. The molecule has 1 rings (SSSR count). The molecule has 2 atom stereocenters. The maximum atomic E-state index is 10.7. The molecule has 0 saturated heterocycles. The number of hydrogen-bond acceptors (Lipinski definition) is 4. The van der Waals surface area contributed by atoms with E-state index in [1.807, 2.05) is 6.92 Å². The van der Waals surface area contributed by atoms with Crippen LogP contribution in [0.2, 0.25) is 0 Å². The highest BCUT2D eigenvalue weighted by molar-refractivity contribution is 5.74. The van der Waals surface area contributed by atoms with Gasteiger partial charge in [0, 0.05) is 18.6 Å². The fourth-order valence-electron chi connectivity index (χ4n) is 1.66. The molecule has 5 nitrogen and oxygen atoms in total. The Bertz CT molecular complexity index is 343. The lowest BCUT2D eigenvalue weighted by atomic mass is 9.95. The maximum absolute atomic E-state index is 10.7. The van der Waals surface area contributed by atoms with E-state index < -0.39 is 12.0 Å². The highest BCUT2D eigenvalue weighted by atomic mass is 16.3. The molecule has 0 aromatic carbocycles. The molecule has 0 aliphatic carbocycles. The van der Waals surface area contributed by atoms with Crippen LogP contribution in [0.3, 0.4) is 0 Å². The number of aromatic nitrogens is 2. The molecule has 1 aromatic rings. The van der Waals surface area contributed by atoms with Gasteiger partial charge in [-0.2, -0.15) is 0 Å². The molecule has 1 aromatic heterocycles. The zero-order chi connectivity index (χ0) is 12.7. The molecular weight excluding hydrogens is 218 g/mol. The Morgan fingerprint density at radius 1 is 1.53 bits per heavy atom. The zero-order valence-corrected chi connectivity index (χ0v) is 10.0. The first-order chi connectivity index (χ1) is 8.09. The second kappa shape index (κ2) is 6.96. The van der Waals surface area contributed by atoms with Gasteiger partial charge in [-0.3, -0.25) is 14.8 Å². The minimum Gasteiger partial charge on any atom is -0.392 e. The summed E-state index contributed by atoms with van der Waals surface area (Å²) in [5.74, 6) is -0.391.